The molecule has 3 rings (SSSR count). The maximum atomic E-state index is 12.6. The van der Waals surface area contributed by atoms with Gasteiger partial charge in [0.25, 0.3) is 0 Å². The number of ether oxygens (including phenoxy) is 3. The van der Waals surface area contributed by atoms with Gasteiger partial charge < -0.3 is 19.1 Å². The van der Waals surface area contributed by atoms with Gasteiger partial charge in [0, 0.05) is 24.8 Å². The van der Waals surface area contributed by atoms with Crippen LogP contribution in [0.2, 0.25) is 0 Å². The van der Waals surface area contributed by atoms with Crippen molar-refractivity contribution in [2.75, 3.05) is 24.7 Å². The molecule has 0 saturated carbocycles. The van der Waals surface area contributed by atoms with Gasteiger partial charge in [-0.15, -0.1) is 6.42 Å². The summed E-state index contributed by atoms with van der Waals surface area (Å²) in [6.45, 7) is 2.79. The Morgan fingerprint density at radius 1 is 1.03 bits per heavy atom. The average Bonchev–Trinajstić information content (AvgIpc) is 2.79. The van der Waals surface area contributed by atoms with E-state index in [0.717, 1.165) is 5.56 Å². The number of hydrogen-bond donors (Lipinski definition) is 0. The van der Waals surface area contributed by atoms with Crippen molar-refractivity contribution in [1.29, 1.82) is 0 Å². The monoisotopic (exact) mass is 416 g/mol. The second-order valence-corrected chi connectivity index (χ2v) is 6.58. The van der Waals surface area contributed by atoms with E-state index in [9.17, 15) is 4.79 Å². The van der Waals surface area contributed by atoms with Gasteiger partial charge in [-0.05, 0) is 18.2 Å². The molecule has 0 saturated heterocycles. The third-order valence-corrected chi connectivity index (χ3v) is 4.37. The standard InChI is InChI=1S/C25H24N2O4/c1-3-15-29-16-17-30-24-12-8-7-9-21(24)19-27(20(2)28)23-18-26-14-13-25(23)31-22-10-5-4-6-11-22/h1,4-14,18H,15-17,19H2,2H3. The predicted octanol–water partition coefficient (Wildman–Crippen LogP) is 4.46. The summed E-state index contributed by atoms with van der Waals surface area (Å²) in [4.78, 5) is 18.4. The molecule has 0 fully saturated rings. The molecule has 0 bridgehead atoms. The molecule has 1 heterocycles. The van der Waals surface area contributed by atoms with Crippen LogP contribution in [0.4, 0.5) is 5.69 Å². The van der Waals surface area contributed by atoms with Crippen LogP contribution < -0.4 is 14.4 Å². The largest absolute Gasteiger partial charge is 0.491 e. The lowest BCUT2D eigenvalue weighted by molar-refractivity contribution is -0.116. The fraction of sp³-hybridized carbons (Fsp3) is 0.200. The fourth-order valence-electron chi connectivity index (χ4n) is 2.93. The Morgan fingerprint density at radius 2 is 1.81 bits per heavy atom. The van der Waals surface area contributed by atoms with Gasteiger partial charge in [0.1, 0.15) is 30.4 Å². The van der Waals surface area contributed by atoms with Crippen molar-refractivity contribution >= 4 is 11.6 Å². The van der Waals surface area contributed by atoms with Crippen LogP contribution in [0.15, 0.2) is 73.1 Å². The van der Waals surface area contributed by atoms with E-state index in [0.29, 0.717) is 42.7 Å². The number of carbonyl (C=O) groups excluding carboxylic acids is 1. The zero-order valence-electron chi connectivity index (χ0n) is 17.4. The van der Waals surface area contributed by atoms with Gasteiger partial charge >= 0.3 is 0 Å². The van der Waals surface area contributed by atoms with Crippen molar-refractivity contribution in [3.8, 4) is 29.6 Å². The molecule has 0 radical (unpaired) electrons. The first-order valence-corrected chi connectivity index (χ1v) is 9.86. The molecule has 0 aliphatic rings. The first-order chi connectivity index (χ1) is 15.2. The highest BCUT2D eigenvalue weighted by Gasteiger charge is 2.19. The Labute approximate surface area is 182 Å². The summed E-state index contributed by atoms with van der Waals surface area (Å²) < 4.78 is 17.1. The molecule has 1 amide bonds. The molecule has 0 N–H and O–H groups in total. The van der Waals surface area contributed by atoms with Crippen LogP contribution in [0.5, 0.6) is 17.2 Å². The number of amides is 1. The minimum Gasteiger partial charge on any atom is -0.491 e. The second kappa shape index (κ2) is 11.4. The normalized spacial score (nSPS) is 10.2. The molecule has 3 aromatic rings. The van der Waals surface area contributed by atoms with Crippen molar-refractivity contribution in [2.45, 2.75) is 13.5 Å². The van der Waals surface area contributed by atoms with E-state index in [1.807, 2.05) is 54.6 Å². The molecule has 6 nitrogen and oxygen atoms in total. The van der Waals surface area contributed by atoms with Crippen LogP contribution in [0, 0.1) is 12.3 Å². The third kappa shape index (κ3) is 6.33. The number of rotatable bonds is 10. The lowest BCUT2D eigenvalue weighted by atomic mass is 10.1. The van der Waals surface area contributed by atoms with Crippen LogP contribution in [0.25, 0.3) is 0 Å². The number of carbonyl (C=O) groups is 1. The number of nitrogens with zero attached hydrogens (tertiary/aromatic N) is 2. The van der Waals surface area contributed by atoms with E-state index in [-0.39, 0.29) is 12.5 Å². The van der Waals surface area contributed by atoms with E-state index in [1.54, 1.807) is 23.4 Å². The molecule has 6 heteroatoms. The molecular weight excluding hydrogens is 392 g/mol. The van der Waals surface area contributed by atoms with Crippen LogP contribution in [-0.4, -0.2) is 30.7 Å². The van der Waals surface area contributed by atoms with Gasteiger partial charge in [-0.1, -0.05) is 42.3 Å². The van der Waals surface area contributed by atoms with Gasteiger partial charge in [0.05, 0.1) is 19.3 Å². The highest BCUT2D eigenvalue weighted by Crippen LogP contribution is 2.33. The topological polar surface area (TPSA) is 60.9 Å². The SMILES string of the molecule is C#CCOCCOc1ccccc1CN(C(C)=O)c1cnccc1Oc1ccccc1. The fourth-order valence-corrected chi connectivity index (χ4v) is 2.93. The Kier molecular flexibility index (Phi) is 8.04. The number of terminal acetylenes is 1. The molecule has 0 aliphatic heterocycles. The Hall–Kier alpha value is -3.82. The Bertz CT molecular complexity index is 1030. The molecule has 0 unspecified atom stereocenters. The number of pyridine rings is 1. The average molecular weight is 416 g/mol. The highest BCUT2D eigenvalue weighted by molar-refractivity contribution is 5.93. The van der Waals surface area contributed by atoms with E-state index in [4.69, 9.17) is 20.6 Å². The van der Waals surface area contributed by atoms with E-state index in [1.165, 1.54) is 6.92 Å². The van der Waals surface area contributed by atoms with Gasteiger partial charge in [-0.25, -0.2) is 0 Å². The van der Waals surface area contributed by atoms with Crippen LogP contribution in [0.1, 0.15) is 12.5 Å². The number of aromatic nitrogens is 1. The zero-order valence-corrected chi connectivity index (χ0v) is 17.4. The van der Waals surface area contributed by atoms with Crippen LogP contribution in [0.3, 0.4) is 0 Å². The lowest BCUT2D eigenvalue weighted by Crippen LogP contribution is -2.28. The summed E-state index contributed by atoms with van der Waals surface area (Å²) in [5.74, 6) is 4.16. The summed E-state index contributed by atoms with van der Waals surface area (Å²) in [5, 5.41) is 0. The lowest BCUT2D eigenvalue weighted by Gasteiger charge is -2.24. The van der Waals surface area contributed by atoms with Crippen molar-refractivity contribution in [3.05, 3.63) is 78.6 Å². The molecule has 2 aromatic carbocycles. The minimum absolute atomic E-state index is 0.141. The highest BCUT2D eigenvalue weighted by atomic mass is 16.5. The minimum atomic E-state index is -0.141. The van der Waals surface area contributed by atoms with E-state index < -0.39 is 0 Å². The maximum Gasteiger partial charge on any atom is 0.224 e. The number of para-hydroxylation sites is 2. The molecule has 1 aromatic heterocycles. The summed E-state index contributed by atoms with van der Waals surface area (Å²) >= 11 is 0. The van der Waals surface area contributed by atoms with Crippen LogP contribution in [-0.2, 0) is 16.1 Å². The number of benzene rings is 2. The Morgan fingerprint density at radius 3 is 2.58 bits per heavy atom. The van der Waals surface area contributed by atoms with Gasteiger partial charge in [-0.3, -0.25) is 9.78 Å². The van der Waals surface area contributed by atoms with Gasteiger partial charge in [0.2, 0.25) is 5.91 Å². The van der Waals surface area contributed by atoms with Gasteiger partial charge in [0.15, 0.2) is 5.75 Å². The third-order valence-electron chi connectivity index (χ3n) is 4.37. The first kappa shape index (κ1) is 21.9. The summed E-state index contributed by atoms with van der Waals surface area (Å²) in [6.07, 6.45) is 8.43. The molecule has 31 heavy (non-hydrogen) atoms. The van der Waals surface area contributed by atoms with Crippen molar-refractivity contribution in [3.63, 3.8) is 0 Å². The van der Waals surface area contributed by atoms with Gasteiger partial charge in [-0.2, -0.15) is 0 Å². The second-order valence-electron chi connectivity index (χ2n) is 6.58. The zero-order chi connectivity index (χ0) is 21.9. The summed E-state index contributed by atoms with van der Waals surface area (Å²) in [5.41, 5.74) is 1.43. The maximum absolute atomic E-state index is 12.6. The van der Waals surface area contributed by atoms with E-state index >= 15 is 0 Å². The van der Waals surface area contributed by atoms with Crippen molar-refractivity contribution in [1.82, 2.24) is 4.98 Å². The molecule has 158 valence electrons. The summed E-state index contributed by atoms with van der Waals surface area (Å²) in [6, 6.07) is 18.7. The van der Waals surface area contributed by atoms with Crippen LogP contribution >= 0.6 is 0 Å². The van der Waals surface area contributed by atoms with Crippen molar-refractivity contribution < 1.29 is 19.0 Å². The molecule has 0 atom stereocenters. The predicted molar refractivity (Wildman–Crippen MR) is 119 cm³/mol. The van der Waals surface area contributed by atoms with E-state index in [2.05, 4.69) is 10.9 Å². The first-order valence-electron chi connectivity index (χ1n) is 9.86. The smallest absolute Gasteiger partial charge is 0.224 e. The molecule has 0 spiro atoms. The summed E-state index contributed by atoms with van der Waals surface area (Å²) in [7, 11) is 0. The quantitative estimate of drug-likeness (QED) is 0.361. The number of anilines is 1. The number of hydrogen-bond acceptors (Lipinski definition) is 5. The molecular formula is C25H24N2O4. The molecule has 0 aliphatic carbocycles. The Balaban J connectivity index is 1.80. The van der Waals surface area contributed by atoms with Crippen molar-refractivity contribution in [2.24, 2.45) is 0 Å².